The Labute approximate surface area is 170 Å². The van der Waals surface area contributed by atoms with E-state index < -0.39 is 0 Å². The Morgan fingerprint density at radius 2 is 1.90 bits per heavy atom. The van der Waals surface area contributed by atoms with Crippen LogP contribution >= 0.6 is 0 Å². The molecule has 2 aliphatic heterocycles. The number of amidine groups is 1. The second-order valence-corrected chi connectivity index (χ2v) is 7.67. The zero-order valence-corrected chi connectivity index (χ0v) is 16.3. The van der Waals surface area contributed by atoms with Crippen LogP contribution in [0.4, 0.5) is 5.69 Å². The molecule has 6 heteroatoms. The van der Waals surface area contributed by atoms with Gasteiger partial charge in [-0.2, -0.15) is 0 Å². The third-order valence-electron chi connectivity index (χ3n) is 5.83. The number of aromatic amines is 1. The fourth-order valence-corrected chi connectivity index (χ4v) is 4.33. The number of hydrogen-bond acceptors (Lipinski definition) is 5. The summed E-state index contributed by atoms with van der Waals surface area (Å²) in [6.45, 7) is 4.29. The van der Waals surface area contributed by atoms with Gasteiger partial charge in [-0.1, -0.05) is 36.4 Å². The maximum absolute atomic E-state index is 11.9. The largest absolute Gasteiger partial charge is 0.351 e. The van der Waals surface area contributed by atoms with Gasteiger partial charge in [0.1, 0.15) is 6.17 Å². The Kier molecular flexibility index (Phi) is 4.87. The van der Waals surface area contributed by atoms with Gasteiger partial charge < -0.3 is 15.2 Å². The summed E-state index contributed by atoms with van der Waals surface area (Å²) >= 11 is 0. The highest BCUT2D eigenvalue weighted by Gasteiger charge is 2.25. The molecule has 0 saturated carbocycles. The van der Waals surface area contributed by atoms with Crippen LogP contribution < -0.4 is 10.6 Å². The number of carbonyl (C=O) groups is 1. The summed E-state index contributed by atoms with van der Waals surface area (Å²) in [4.78, 5) is 22.7. The smallest absolute Gasteiger partial charge is 0.152 e. The maximum atomic E-state index is 11.9. The molecule has 148 valence electrons. The summed E-state index contributed by atoms with van der Waals surface area (Å²) in [5.41, 5.74) is 4.46. The zero-order chi connectivity index (χ0) is 19.6. The summed E-state index contributed by atoms with van der Waals surface area (Å²) in [7, 11) is 0. The molecule has 1 unspecified atom stereocenters. The lowest BCUT2D eigenvalue weighted by Crippen LogP contribution is -2.34. The number of hydrogen-bond donors (Lipinski definition) is 3. The standard InChI is InChI=1S/C23H25N5O/c29-15-18-16-7-1-3-9-19(16)25-21(18)23-26-20-10-4-2-8-17(20)22(27-23)24-11-14-28-12-5-6-13-28/h1-4,7-10,15,22,24-25H,5-6,11-14H2,(H,26,27). The molecule has 1 aromatic heterocycles. The Bertz CT molecular complexity index is 1060. The van der Waals surface area contributed by atoms with E-state index in [-0.39, 0.29) is 6.17 Å². The van der Waals surface area contributed by atoms with Gasteiger partial charge >= 0.3 is 0 Å². The zero-order valence-electron chi connectivity index (χ0n) is 16.3. The van der Waals surface area contributed by atoms with Crippen LogP contribution in [0.2, 0.25) is 0 Å². The lowest BCUT2D eigenvalue weighted by atomic mass is 10.1. The van der Waals surface area contributed by atoms with E-state index in [9.17, 15) is 4.79 Å². The number of nitrogens with one attached hydrogen (secondary N) is 3. The number of likely N-dealkylation sites (tertiary alicyclic amines) is 1. The molecule has 0 amide bonds. The minimum atomic E-state index is -0.143. The molecule has 3 heterocycles. The van der Waals surface area contributed by atoms with E-state index in [1.54, 1.807) is 0 Å². The van der Waals surface area contributed by atoms with E-state index in [1.807, 2.05) is 36.4 Å². The Hall–Kier alpha value is -2.96. The number of H-pyrrole nitrogens is 1. The summed E-state index contributed by atoms with van der Waals surface area (Å²) in [5, 5.41) is 7.94. The topological polar surface area (TPSA) is 72.5 Å². The van der Waals surface area contributed by atoms with Crippen molar-refractivity contribution in [1.29, 1.82) is 0 Å². The Balaban J connectivity index is 1.46. The highest BCUT2D eigenvalue weighted by Crippen LogP contribution is 2.31. The van der Waals surface area contributed by atoms with Crippen LogP contribution in [0.25, 0.3) is 10.9 Å². The average Bonchev–Trinajstić information content (AvgIpc) is 3.41. The molecule has 6 nitrogen and oxygen atoms in total. The highest BCUT2D eigenvalue weighted by atomic mass is 16.1. The van der Waals surface area contributed by atoms with E-state index in [0.717, 1.165) is 47.2 Å². The summed E-state index contributed by atoms with van der Waals surface area (Å²) in [6.07, 6.45) is 3.37. The molecule has 3 N–H and O–H groups in total. The van der Waals surface area contributed by atoms with E-state index in [0.29, 0.717) is 11.4 Å². The second-order valence-electron chi connectivity index (χ2n) is 7.67. The SMILES string of the molecule is O=Cc1c(C2=NC(NCCN3CCCC3)c3ccccc3N2)[nH]c2ccccc12. The maximum Gasteiger partial charge on any atom is 0.152 e. The first kappa shape index (κ1) is 18.1. The molecule has 0 aliphatic carbocycles. The molecular weight excluding hydrogens is 362 g/mol. The summed E-state index contributed by atoms with van der Waals surface area (Å²) < 4.78 is 0. The number of fused-ring (bicyclic) bond motifs is 2. The van der Waals surface area contributed by atoms with Gasteiger partial charge in [-0.25, -0.2) is 4.99 Å². The van der Waals surface area contributed by atoms with Gasteiger partial charge in [0.15, 0.2) is 12.1 Å². The van der Waals surface area contributed by atoms with Crippen molar-refractivity contribution in [3.8, 4) is 0 Å². The van der Waals surface area contributed by atoms with E-state index >= 15 is 0 Å². The molecule has 0 bridgehead atoms. The highest BCUT2D eigenvalue weighted by molar-refractivity contribution is 6.16. The third-order valence-corrected chi connectivity index (χ3v) is 5.83. The van der Waals surface area contributed by atoms with Gasteiger partial charge in [0.2, 0.25) is 0 Å². The first-order chi connectivity index (χ1) is 14.3. The number of carbonyl (C=O) groups excluding carboxylic acids is 1. The van der Waals surface area contributed by atoms with Crippen molar-refractivity contribution >= 4 is 28.7 Å². The van der Waals surface area contributed by atoms with Gasteiger partial charge in [-0.05, 0) is 38.1 Å². The lowest BCUT2D eigenvalue weighted by Gasteiger charge is -2.26. The molecule has 29 heavy (non-hydrogen) atoms. The average molecular weight is 387 g/mol. The van der Waals surface area contributed by atoms with Crippen molar-refractivity contribution in [2.75, 3.05) is 31.5 Å². The molecule has 3 aromatic rings. The van der Waals surface area contributed by atoms with Crippen LogP contribution in [-0.4, -0.2) is 48.2 Å². The monoisotopic (exact) mass is 387 g/mol. The Morgan fingerprint density at radius 3 is 2.76 bits per heavy atom. The molecule has 1 saturated heterocycles. The molecule has 0 spiro atoms. The first-order valence-corrected chi connectivity index (χ1v) is 10.3. The fraction of sp³-hybridized carbons (Fsp3) is 0.304. The van der Waals surface area contributed by atoms with Crippen molar-refractivity contribution < 1.29 is 4.79 Å². The number of aromatic nitrogens is 1. The molecule has 2 aliphatic rings. The van der Waals surface area contributed by atoms with Gasteiger partial charge in [-0.15, -0.1) is 0 Å². The van der Waals surface area contributed by atoms with E-state index in [2.05, 4.69) is 32.7 Å². The van der Waals surface area contributed by atoms with Crippen molar-refractivity contribution in [2.24, 2.45) is 4.99 Å². The van der Waals surface area contributed by atoms with Crippen LogP contribution in [0, 0.1) is 0 Å². The van der Waals surface area contributed by atoms with Gasteiger partial charge in [0, 0.05) is 35.2 Å². The number of aliphatic imine (C=N–C) groups is 1. The minimum absolute atomic E-state index is 0.143. The number of para-hydroxylation sites is 2. The molecule has 0 radical (unpaired) electrons. The fourth-order valence-electron chi connectivity index (χ4n) is 4.33. The molecule has 2 aromatic carbocycles. The minimum Gasteiger partial charge on any atom is -0.351 e. The van der Waals surface area contributed by atoms with Gasteiger partial charge in [0.05, 0.1) is 11.3 Å². The summed E-state index contributed by atoms with van der Waals surface area (Å²) in [6, 6.07) is 16.1. The normalized spacial score (nSPS) is 19.0. The number of aldehydes is 1. The molecule has 1 atom stereocenters. The van der Waals surface area contributed by atoms with E-state index in [1.165, 1.54) is 25.9 Å². The predicted molar refractivity (Wildman–Crippen MR) is 117 cm³/mol. The second kappa shape index (κ2) is 7.81. The number of anilines is 1. The third kappa shape index (κ3) is 3.45. The van der Waals surface area contributed by atoms with Crippen LogP contribution in [0.15, 0.2) is 53.5 Å². The first-order valence-electron chi connectivity index (χ1n) is 10.3. The molecule has 5 rings (SSSR count). The van der Waals surface area contributed by atoms with Crippen LogP contribution in [-0.2, 0) is 0 Å². The number of rotatable bonds is 6. The summed E-state index contributed by atoms with van der Waals surface area (Å²) in [5.74, 6) is 0.695. The predicted octanol–water partition coefficient (Wildman–Crippen LogP) is 3.54. The van der Waals surface area contributed by atoms with Crippen molar-refractivity contribution in [3.05, 3.63) is 65.4 Å². The quantitative estimate of drug-likeness (QED) is 0.566. The van der Waals surface area contributed by atoms with Crippen LogP contribution in [0.5, 0.6) is 0 Å². The molecule has 1 fully saturated rings. The lowest BCUT2D eigenvalue weighted by molar-refractivity contribution is 0.112. The molecular formula is C23H25N5O. The Morgan fingerprint density at radius 1 is 1.10 bits per heavy atom. The van der Waals surface area contributed by atoms with Crippen LogP contribution in [0.1, 0.15) is 40.6 Å². The van der Waals surface area contributed by atoms with Crippen LogP contribution in [0.3, 0.4) is 0 Å². The van der Waals surface area contributed by atoms with Gasteiger partial charge in [0.25, 0.3) is 0 Å². The van der Waals surface area contributed by atoms with Gasteiger partial charge in [-0.3, -0.25) is 10.1 Å². The number of benzene rings is 2. The van der Waals surface area contributed by atoms with E-state index in [4.69, 9.17) is 4.99 Å². The van der Waals surface area contributed by atoms with Crippen molar-refractivity contribution in [2.45, 2.75) is 19.0 Å². The van der Waals surface area contributed by atoms with Crippen molar-refractivity contribution in [3.63, 3.8) is 0 Å². The number of nitrogens with zero attached hydrogens (tertiary/aromatic N) is 2. The van der Waals surface area contributed by atoms with Crippen molar-refractivity contribution in [1.82, 2.24) is 15.2 Å².